The molecule has 0 aliphatic heterocycles. The van der Waals surface area contributed by atoms with Crippen LogP contribution < -0.4 is 4.74 Å². The lowest BCUT2D eigenvalue weighted by atomic mass is 10.1. The molecular formula is C20H23N3O. The van der Waals surface area contributed by atoms with E-state index in [4.69, 9.17) is 9.72 Å². The molecule has 3 aromatic rings. The SMILES string of the molecule is CCN(CC)Cc1cc2ccccc2nc1-c1cccc(OC)n1. The molecule has 0 bridgehead atoms. The van der Waals surface area contributed by atoms with Crippen LogP contribution in [-0.2, 0) is 6.54 Å². The standard InChI is InChI=1S/C20H23N3O/c1-4-23(5-2)14-16-13-15-9-6-7-10-17(15)22-20(16)18-11-8-12-19(21-18)24-3/h6-13H,4-5,14H2,1-3H3. The number of rotatable bonds is 6. The van der Waals surface area contributed by atoms with Crippen molar-refractivity contribution in [2.45, 2.75) is 20.4 Å². The highest BCUT2D eigenvalue weighted by Gasteiger charge is 2.13. The summed E-state index contributed by atoms with van der Waals surface area (Å²) in [7, 11) is 1.64. The Kier molecular flexibility index (Phi) is 5.06. The van der Waals surface area contributed by atoms with E-state index in [-0.39, 0.29) is 0 Å². The molecule has 0 N–H and O–H groups in total. The third kappa shape index (κ3) is 3.39. The van der Waals surface area contributed by atoms with Gasteiger partial charge >= 0.3 is 0 Å². The lowest BCUT2D eigenvalue weighted by Gasteiger charge is -2.20. The highest BCUT2D eigenvalue weighted by Crippen LogP contribution is 2.26. The van der Waals surface area contributed by atoms with E-state index in [0.717, 1.165) is 41.9 Å². The molecule has 4 nitrogen and oxygen atoms in total. The van der Waals surface area contributed by atoms with Gasteiger partial charge < -0.3 is 4.74 Å². The van der Waals surface area contributed by atoms with Crippen molar-refractivity contribution in [2.75, 3.05) is 20.2 Å². The summed E-state index contributed by atoms with van der Waals surface area (Å²) in [6, 6.07) is 16.3. The molecule has 0 atom stereocenters. The Morgan fingerprint density at radius 3 is 2.50 bits per heavy atom. The average molecular weight is 321 g/mol. The van der Waals surface area contributed by atoms with Gasteiger partial charge in [0.1, 0.15) is 0 Å². The maximum absolute atomic E-state index is 5.28. The number of hydrogen-bond acceptors (Lipinski definition) is 4. The van der Waals surface area contributed by atoms with Gasteiger partial charge in [-0.1, -0.05) is 38.1 Å². The van der Waals surface area contributed by atoms with Crippen LogP contribution in [0.5, 0.6) is 5.88 Å². The Hall–Kier alpha value is -2.46. The van der Waals surface area contributed by atoms with E-state index in [1.165, 1.54) is 5.56 Å². The Balaban J connectivity index is 2.15. The van der Waals surface area contributed by atoms with Gasteiger partial charge in [-0.25, -0.2) is 9.97 Å². The van der Waals surface area contributed by atoms with Crippen LogP contribution in [0.1, 0.15) is 19.4 Å². The molecule has 2 heterocycles. The van der Waals surface area contributed by atoms with Crippen molar-refractivity contribution >= 4 is 10.9 Å². The van der Waals surface area contributed by atoms with Gasteiger partial charge in [-0.2, -0.15) is 0 Å². The Morgan fingerprint density at radius 2 is 1.75 bits per heavy atom. The van der Waals surface area contributed by atoms with Crippen molar-refractivity contribution in [1.82, 2.24) is 14.9 Å². The fourth-order valence-corrected chi connectivity index (χ4v) is 2.85. The van der Waals surface area contributed by atoms with Crippen LogP contribution in [0.3, 0.4) is 0 Å². The van der Waals surface area contributed by atoms with Crippen LogP contribution in [0.15, 0.2) is 48.5 Å². The number of para-hydroxylation sites is 1. The number of benzene rings is 1. The van der Waals surface area contributed by atoms with Crippen molar-refractivity contribution in [3.05, 3.63) is 54.1 Å². The summed E-state index contributed by atoms with van der Waals surface area (Å²) in [6.07, 6.45) is 0. The highest BCUT2D eigenvalue weighted by atomic mass is 16.5. The third-order valence-corrected chi connectivity index (χ3v) is 4.27. The molecule has 0 saturated carbocycles. The highest BCUT2D eigenvalue weighted by molar-refractivity contribution is 5.82. The maximum Gasteiger partial charge on any atom is 0.213 e. The average Bonchev–Trinajstić information content (AvgIpc) is 2.65. The Morgan fingerprint density at radius 1 is 0.958 bits per heavy atom. The zero-order chi connectivity index (χ0) is 16.9. The molecule has 124 valence electrons. The van der Waals surface area contributed by atoms with Crippen LogP contribution in [-0.4, -0.2) is 35.1 Å². The minimum absolute atomic E-state index is 0.608. The van der Waals surface area contributed by atoms with Gasteiger partial charge in [0.05, 0.1) is 24.0 Å². The smallest absolute Gasteiger partial charge is 0.213 e. The molecule has 0 radical (unpaired) electrons. The summed E-state index contributed by atoms with van der Waals surface area (Å²) in [5.41, 5.74) is 3.96. The first-order valence-corrected chi connectivity index (χ1v) is 8.37. The van der Waals surface area contributed by atoms with Gasteiger partial charge in [0.15, 0.2) is 0 Å². The summed E-state index contributed by atoms with van der Waals surface area (Å²) in [6.45, 7) is 7.24. The Labute approximate surface area is 143 Å². The zero-order valence-electron chi connectivity index (χ0n) is 14.5. The van der Waals surface area contributed by atoms with Crippen LogP contribution in [0.25, 0.3) is 22.3 Å². The van der Waals surface area contributed by atoms with Gasteiger partial charge in [0.2, 0.25) is 5.88 Å². The van der Waals surface area contributed by atoms with E-state index in [9.17, 15) is 0 Å². The first kappa shape index (κ1) is 16.4. The van der Waals surface area contributed by atoms with Crippen LogP contribution in [0.4, 0.5) is 0 Å². The zero-order valence-corrected chi connectivity index (χ0v) is 14.5. The van der Waals surface area contributed by atoms with Crippen LogP contribution in [0, 0.1) is 0 Å². The topological polar surface area (TPSA) is 38.2 Å². The first-order valence-electron chi connectivity index (χ1n) is 8.37. The van der Waals surface area contributed by atoms with Crippen LogP contribution >= 0.6 is 0 Å². The molecule has 0 spiro atoms. The summed E-state index contributed by atoms with van der Waals surface area (Å²) in [4.78, 5) is 11.9. The number of nitrogens with zero attached hydrogens (tertiary/aromatic N) is 3. The quantitative estimate of drug-likeness (QED) is 0.684. The largest absolute Gasteiger partial charge is 0.481 e. The predicted octanol–water partition coefficient (Wildman–Crippen LogP) is 4.15. The van der Waals surface area contributed by atoms with Gasteiger partial charge in [-0.3, -0.25) is 4.90 Å². The third-order valence-electron chi connectivity index (χ3n) is 4.27. The molecule has 0 aliphatic carbocycles. The van der Waals surface area contributed by atoms with E-state index < -0.39 is 0 Å². The van der Waals surface area contributed by atoms with E-state index in [1.54, 1.807) is 7.11 Å². The van der Waals surface area contributed by atoms with Gasteiger partial charge in [-0.15, -0.1) is 0 Å². The second-order valence-corrected chi connectivity index (χ2v) is 5.72. The summed E-state index contributed by atoms with van der Waals surface area (Å²) < 4.78 is 5.28. The Bertz CT molecular complexity index is 828. The number of aromatic nitrogens is 2. The van der Waals surface area contributed by atoms with Crippen molar-refractivity contribution in [2.24, 2.45) is 0 Å². The molecular weight excluding hydrogens is 298 g/mol. The summed E-state index contributed by atoms with van der Waals surface area (Å²) >= 11 is 0. The predicted molar refractivity (Wildman–Crippen MR) is 98.2 cm³/mol. The second kappa shape index (κ2) is 7.41. The summed E-state index contributed by atoms with van der Waals surface area (Å²) in [5.74, 6) is 0.608. The minimum atomic E-state index is 0.608. The van der Waals surface area contributed by atoms with Gasteiger partial charge in [0, 0.05) is 18.0 Å². The van der Waals surface area contributed by atoms with E-state index >= 15 is 0 Å². The molecule has 4 heteroatoms. The second-order valence-electron chi connectivity index (χ2n) is 5.72. The van der Waals surface area contributed by atoms with Gasteiger partial charge in [0.25, 0.3) is 0 Å². The number of methoxy groups -OCH3 is 1. The molecule has 0 aliphatic rings. The van der Waals surface area contributed by atoms with Crippen LogP contribution in [0.2, 0.25) is 0 Å². The van der Waals surface area contributed by atoms with Crippen molar-refractivity contribution < 1.29 is 4.74 Å². The summed E-state index contributed by atoms with van der Waals surface area (Å²) in [5, 5.41) is 1.16. The molecule has 1 aromatic carbocycles. The molecule has 0 saturated heterocycles. The van der Waals surface area contributed by atoms with E-state index in [2.05, 4.69) is 41.9 Å². The monoisotopic (exact) mass is 321 g/mol. The van der Waals surface area contributed by atoms with Crippen molar-refractivity contribution in [3.63, 3.8) is 0 Å². The van der Waals surface area contributed by atoms with E-state index in [0.29, 0.717) is 5.88 Å². The number of ether oxygens (including phenoxy) is 1. The lowest BCUT2D eigenvalue weighted by molar-refractivity contribution is 0.296. The fourth-order valence-electron chi connectivity index (χ4n) is 2.85. The fraction of sp³-hybridized carbons (Fsp3) is 0.300. The molecule has 2 aromatic heterocycles. The number of pyridine rings is 2. The van der Waals surface area contributed by atoms with E-state index in [1.807, 2.05) is 30.3 Å². The normalized spacial score (nSPS) is 11.2. The van der Waals surface area contributed by atoms with Crippen molar-refractivity contribution in [3.8, 4) is 17.3 Å². The minimum Gasteiger partial charge on any atom is -0.481 e. The molecule has 0 amide bonds. The molecule has 3 rings (SSSR count). The maximum atomic E-state index is 5.28. The lowest BCUT2D eigenvalue weighted by Crippen LogP contribution is -2.22. The molecule has 0 unspecified atom stereocenters. The number of fused-ring (bicyclic) bond motifs is 1. The van der Waals surface area contributed by atoms with Crippen molar-refractivity contribution in [1.29, 1.82) is 0 Å². The molecule has 24 heavy (non-hydrogen) atoms. The molecule has 0 fully saturated rings. The number of hydrogen-bond donors (Lipinski definition) is 0. The van der Waals surface area contributed by atoms with Gasteiger partial charge in [-0.05, 0) is 36.9 Å². The first-order chi connectivity index (χ1) is 11.7.